The maximum Gasteiger partial charge on any atom is 0.237 e. The predicted octanol–water partition coefficient (Wildman–Crippen LogP) is 4.07. The van der Waals surface area contributed by atoms with E-state index in [9.17, 15) is 4.79 Å². The second-order valence-electron chi connectivity index (χ2n) is 7.00. The van der Waals surface area contributed by atoms with E-state index < -0.39 is 0 Å². The first kappa shape index (κ1) is 20.9. The van der Waals surface area contributed by atoms with Gasteiger partial charge in [0, 0.05) is 38.4 Å². The number of thioether (sulfide) groups is 1. The minimum absolute atomic E-state index is 0.0529. The van der Waals surface area contributed by atoms with Crippen molar-refractivity contribution in [2.24, 2.45) is 0 Å². The van der Waals surface area contributed by atoms with Gasteiger partial charge in [0.25, 0.3) is 0 Å². The number of carbonyl (C=O) groups is 1. The number of aromatic nitrogens is 3. The summed E-state index contributed by atoms with van der Waals surface area (Å²) in [6.07, 6.45) is 0.723. The molecule has 0 bridgehead atoms. The number of hydrogen-bond acceptors (Lipinski definition) is 5. The van der Waals surface area contributed by atoms with Crippen molar-refractivity contribution in [3.63, 3.8) is 0 Å². The molecule has 0 radical (unpaired) electrons. The summed E-state index contributed by atoms with van der Waals surface area (Å²) in [6, 6.07) is 18.0. The third-order valence-electron chi connectivity index (χ3n) is 4.62. The third-order valence-corrected chi connectivity index (χ3v) is 5.70. The van der Waals surface area contributed by atoms with Crippen LogP contribution in [0.3, 0.4) is 0 Å². The van der Waals surface area contributed by atoms with Crippen molar-refractivity contribution in [3.8, 4) is 0 Å². The second kappa shape index (κ2) is 9.60. The molecule has 7 heteroatoms. The lowest BCUT2D eigenvalue weighted by molar-refractivity contribution is -0.115. The maximum atomic E-state index is 12.6. The fraction of sp³-hybridized carbons (Fsp3) is 0.318. The van der Waals surface area contributed by atoms with Crippen LogP contribution in [0.1, 0.15) is 25.2 Å². The summed E-state index contributed by atoms with van der Waals surface area (Å²) in [6.45, 7) is 4.72. The van der Waals surface area contributed by atoms with Crippen molar-refractivity contribution in [2.45, 2.75) is 37.2 Å². The number of amides is 1. The highest BCUT2D eigenvalue weighted by Crippen LogP contribution is 2.25. The zero-order valence-corrected chi connectivity index (χ0v) is 18.1. The molecule has 0 aliphatic heterocycles. The number of rotatable bonds is 8. The first-order valence-corrected chi connectivity index (χ1v) is 10.6. The Hall–Kier alpha value is -2.80. The Morgan fingerprint density at radius 2 is 1.79 bits per heavy atom. The van der Waals surface area contributed by atoms with Crippen LogP contribution >= 0.6 is 11.8 Å². The molecule has 1 amide bonds. The minimum atomic E-state index is -0.289. The molecule has 1 N–H and O–H groups in total. The lowest BCUT2D eigenvalue weighted by Gasteiger charge is -2.15. The first-order chi connectivity index (χ1) is 14.0. The standard InChI is InChI=1S/C22H27N5OS/c1-5-27-20(15-17-9-7-6-8-10-17)24-25-22(27)29-16(2)21(28)23-18-11-13-19(14-12-18)26(3)4/h6-14,16H,5,15H2,1-4H3,(H,23,28). The molecule has 3 rings (SSSR count). The first-order valence-electron chi connectivity index (χ1n) is 9.68. The quantitative estimate of drug-likeness (QED) is 0.568. The Morgan fingerprint density at radius 3 is 2.41 bits per heavy atom. The van der Waals surface area contributed by atoms with Crippen molar-refractivity contribution in [1.82, 2.24) is 14.8 Å². The van der Waals surface area contributed by atoms with E-state index in [1.54, 1.807) is 0 Å². The van der Waals surface area contributed by atoms with Gasteiger partial charge in [-0.25, -0.2) is 0 Å². The van der Waals surface area contributed by atoms with Gasteiger partial charge in [0.1, 0.15) is 5.82 Å². The molecule has 0 aliphatic carbocycles. The van der Waals surface area contributed by atoms with Gasteiger partial charge < -0.3 is 14.8 Å². The topological polar surface area (TPSA) is 63.1 Å². The smallest absolute Gasteiger partial charge is 0.237 e. The van der Waals surface area contributed by atoms with E-state index in [4.69, 9.17) is 0 Å². The molecule has 0 aliphatic rings. The van der Waals surface area contributed by atoms with E-state index in [2.05, 4.69) is 39.1 Å². The normalized spacial score (nSPS) is 11.9. The number of carbonyl (C=O) groups excluding carboxylic acids is 1. The van der Waals surface area contributed by atoms with Crippen LogP contribution in [0.15, 0.2) is 59.8 Å². The van der Waals surface area contributed by atoms with Gasteiger partial charge in [-0.05, 0) is 43.7 Å². The Bertz CT molecular complexity index is 938. The van der Waals surface area contributed by atoms with Crippen molar-refractivity contribution >= 4 is 29.0 Å². The van der Waals surface area contributed by atoms with Crippen molar-refractivity contribution in [3.05, 3.63) is 66.0 Å². The SMILES string of the molecule is CCn1c(Cc2ccccc2)nnc1SC(C)C(=O)Nc1ccc(N(C)C)cc1. The number of anilines is 2. The van der Waals surface area contributed by atoms with Crippen LogP contribution in [0.25, 0.3) is 0 Å². The molecule has 1 heterocycles. The van der Waals surface area contributed by atoms with E-state index in [0.29, 0.717) is 0 Å². The molecule has 0 saturated carbocycles. The fourth-order valence-corrected chi connectivity index (χ4v) is 3.86. The lowest BCUT2D eigenvalue weighted by atomic mass is 10.1. The summed E-state index contributed by atoms with van der Waals surface area (Å²) in [7, 11) is 3.98. The number of nitrogens with one attached hydrogen (secondary N) is 1. The van der Waals surface area contributed by atoms with Crippen LogP contribution < -0.4 is 10.2 Å². The van der Waals surface area contributed by atoms with Crippen LogP contribution in [0, 0.1) is 0 Å². The number of hydrogen-bond donors (Lipinski definition) is 1. The summed E-state index contributed by atoms with van der Waals surface area (Å²) >= 11 is 1.43. The van der Waals surface area contributed by atoms with E-state index in [1.165, 1.54) is 17.3 Å². The lowest BCUT2D eigenvalue weighted by Crippen LogP contribution is -2.23. The number of nitrogens with zero attached hydrogens (tertiary/aromatic N) is 4. The monoisotopic (exact) mass is 409 g/mol. The minimum Gasteiger partial charge on any atom is -0.378 e. The molecule has 1 atom stereocenters. The molecule has 0 spiro atoms. The zero-order chi connectivity index (χ0) is 20.8. The molecule has 1 aromatic heterocycles. The average molecular weight is 410 g/mol. The van der Waals surface area contributed by atoms with Gasteiger partial charge in [-0.15, -0.1) is 10.2 Å². The van der Waals surface area contributed by atoms with Crippen LogP contribution in [0.5, 0.6) is 0 Å². The van der Waals surface area contributed by atoms with E-state index in [0.717, 1.165) is 35.3 Å². The summed E-state index contributed by atoms with van der Waals surface area (Å²) in [5.74, 6) is 0.857. The molecule has 0 saturated heterocycles. The highest BCUT2D eigenvalue weighted by atomic mass is 32.2. The van der Waals surface area contributed by atoms with Gasteiger partial charge in [0.05, 0.1) is 5.25 Å². The van der Waals surface area contributed by atoms with Crippen molar-refractivity contribution < 1.29 is 4.79 Å². The van der Waals surface area contributed by atoms with E-state index in [1.807, 2.05) is 68.4 Å². The van der Waals surface area contributed by atoms with Gasteiger partial charge in [0.2, 0.25) is 5.91 Å². The van der Waals surface area contributed by atoms with Crippen LogP contribution in [0.2, 0.25) is 0 Å². The average Bonchev–Trinajstić information content (AvgIpc) is 3.10. The van der Waals surface area contributed by atoms with Crippen molar-refractivity contribution in [1.29, 1.82) is 0 Å². The highest BCUT2D eigenvalue weighted by Gasteiger charge is 2.20. The Balaban J connectivity index is 1.65. The van der Waals surface area contributed by atoms with Gasteiger partial charge in [0.15, 0.2) is 5.16 Å². The molecule has 1 unspecified atom stereocenters. The van der Waals surface area contributed by atoms with Gasteiger partial charge >= 0.3 is 0 Å². The van der Waals surface area contributed by atoms with E-state index >= 15 is 0 Å². The molecule has 29 heavy (non-hydrogen) atoms. The molecule has 3 aromatic rings. The van der Waals surface area contributed by atoms with Crippen LogP contribution in [0.4, 0.5) is 11.4 Å². The molecular weight excluding hydrogens is 382 g/mol. The number of benzene rings is 2. The van der Waals surface area contributed by atoms with Crippen LogP contribution in [-0.4, -0.2) is 40.0 Å². The maximum absolute atomic E-state index is 12.6. The summed E-state index contributed by atoms with van der Waals surface area (Å²) in [4.78, 5) is 14.7. The van der Waals surface area contributed by atoms with Crippen molar-refractivity contribution in [2.75, 3.05) is 24.3 Å². The van der Waals surface area contributed by atoms with E-state index in [-0.39, 0.29) is 11.2 Å². The Labute approximate surface area is 176 Å². The van der Waals surface area contributed by atoms with Gasteiger partial charge in [-0.3, -0.25) is 4.79 Å². The van der Waals surface area contributed by atoms with Gasteiger partial charge in [-0.1, -0.05) is 42.1 Å². The summed E-state index contributed by atoms with van der Waals surface area (Å²) < 4.78 is 2.08. The molecule has 152 valence electrons. The second-order valence-corrected chi connectivity index (χ2v) is 8.30. The largest absolute Gasteiger partial charge is 0.378 e. The Kier molecular flexibility index (Phi) is 6.93. The molecule has 0 fully saturated rings. The molecule has 2 aromatic carbocycles. The third kappa shape index (κ3) is 5.38. The predicted molar refractivity (Wildman–Crippen MR) is 120 cm³/mol. The van der Waals surface area contributed by atoms with Gasteiger partial charge in [-0.2, -0.15) is 0 Å². The fourth-order valence-electron chi connectivity index (χ4n) is 2.93. The van der Waals surface area contributed by atoms with Crippen LogP contribution in [-0.2, 0) is 17.8 Å². The summed E-state index contributed by atoms with van der Waals surface area (Å²) in [5, 5.41) is 12.1. The Morgan fingerprint density at radius 1 is 1.10 bits per heavy atom. The molecule has 6 nitrogen and oxygen atoms in total. The summed E-state index contributed by atoms with van der Waals surface area (Å²) in [5.41, 5.74) is 3.07. The highest BCUT2D eigenvalue weighted by molar-refractivity contribution is 8.00. The molecular formula is C22H27N5OS. The zero-order valence-electron chi connectivity index (χ0n) is 17.3.